The van der Waals surface area contributed by atoms with Crippen LogP contribution in [0.2, 0.25) is 0 Å². The summed E-state index contributed by atoms with van der Waals surface area (Å²) >= 11 is 0. The van der Waals surface area contributed by atoms with Gasteiger partial charge in [-0.05, 0) is 39.0 Å². The van der Waals surface area contributed by atoms with E-state index in [9.17, 15) is 4.79 Å². The fourth-order valence-electron chi connectivity index (χ4n) is 1.75. The van der Waals surface area contributed by atoms with E-state index in [0.29, 0.717) is 22.8 Å². The van der Waals surface area contributed by atoms with E-state index in [2.05, 4.69) is 0 Å². The van der Waals surface area contributed by atoms with E-state index in [1.165, 1.54) is 20.3 Å². The molecule has 0 saturated carbocycles. The summed E-state index contributed by atoms with van der Waals surface area (Å²) in [6, 6.07) is 3.52. The van der Waals surface area contributed by atoms with Crippen LogP contribution in [0.25, 0.3) is 6.08 Å². The van der Waals surface area contributed by atoms with E-state index in [1.807, 2.05) is 20.8 Å². The van der Waals surface area contributed by atoms with Gasteiger partial charge in [-0.2, -0.15) is 0 Å². The standard InChI is InChI=1S/C16H22O5/c1-16(2,3)21-13(17)10-8-11-7-9-12(18-4)15(20-6)14(11)19-5/h7-10H,1-6H3. The van der Waals surface area contributed by atoms with Crippen LogP contribution < -0.4 is 14.2 Å². The third kappa shape index (κ3) is 4.70. The lowest BCUT2D eigenvalue weighted by Crippen LogP contribution is -2.22. The van der Waals surface area contributed by atoms with Crippen molar-refractivity contribution in [1.82, 2.24) is 0 Å². The number of hydrogen-bond donors (Lipinski definition) is 0. The summed E-state index contributed by atoms with van der Waals surface area (Å²) in [5.41, 5.74) is 0.171. The normalized spacial score (nSPS) is 11.3. The molecule has 0 aliphatic carbocycles. The molecule has 0 heterocycles. The number of ether oxygens (including phenoxy) is 4. The first-order chi connectivity index (χ1) is 9.82. The van der Waals surface area contributed by atoms with Crippen LogP contribution in [0.15, 0.2) is 18.2 Å². The minimum Gasteiger partial charge on any atom is -0.493 e. The molecule has 1 aromatic rings. The predicted octanol–water partition coefficient (Wildman–Crippen LogP) is 3.07. The van der Waals surface area contributed by atoms with Crippen LogP contribution >= 0.6 is 0 Å². The number of hydrogen-bond acceptors (Lipinski definition) is 5. The average Bonchev–Trinajstić information content (AvgIpc) is 2.41. The van der Waals surface area contributed by atoms with Crippen molar-refractivity contribution >= 4 is 12.0 Å². The van der Waals surface area contributed by atoms with Gasteiger partial charge >= 0.3 is 5.97 Å². The molecular formula is C16H22O5. The summed E-state index contributed by atoms with van der Waals surface area (Å²) < 4.78 is 21.0. The number of benzene rings is 1. The zero-order valence-electron chi connectivity index (χ0n) is 13.4. The highest BCUT2D eigenvalue weighted by Crippen LogP contribution is 2.40. The molecule has 21 heavy (non-hydrogen) atoms. The van der Waals surface area contributed by atoms with Crippen molar-refractivity contribution in [3.05, 3.63) is 23.8 Å². The maximum atomic E-state index is 11.7. The van der Waals surface area contributed by atoms with Gasteiger partial charge in [0.15, 0.2) is 11.5 Å². The van der Waals surface area contributed by atoms with Crippen LogP contribution in [0.1, 0.15) is 26.3 Å². The monoisotopic (exact) mass is 294 g/mol. The van der Waals surface area contributed by atoms with E-state index < -0.39 is 11.6 Å². The van der Waals surface area contributed by atoms with Gasteiger partial charge in [-0.1, -0.05) is 0 Å². The maximum Gasteiger partial charge on any atom is 0.331 e. The van der Waals surface area contributed by atoms with Crippen LogP contribution in [-0.4, -0.2) is 32.9 Å². The lowest BCUT2D eigenvalue weighted by molar-refractivity contribution is -0.148. The fourth-order valence-corrected chi connectivity index (χ4v) is 1.75. The van der Waals surface area contributed by atoms with E-state index in [-0.39, 0.29) is 0 Å². The fraction of sp³-hybridized carbons (Fsp3) is 0.438. The van der Waals surface area contributed by atoms with Crippen LogP contribution in [0.3, 0.4) is 0 Å². The molecule has 0 radical (unpaired) electrons. The third-order valence-corrected chi connectivity index (χ3v) is 2.54. The number of methoxy groups -OCH3 is 3. The first-order valence-corrected chi connectivity index (χ1v) is 6.52. The van der Waals surface area contributed by atoms with Crippen LogP contribution in [-0.2, 0) is 9.53 Å². The Morgan fingerprint density at radius 1 is 1.00 bits per heavy atom. The Bertz CT molecular complexity index is 526. The van der Waals surface area contributed by atoms with Crippen molar-refractivity contribution in [2.45, 2.75) is 26.4 Å². The second-order valence-corrected chi connectivity index (χ2v) is 5.29. The molecular weight excluding hydrogens is 272 g/mol. The molecule has 0 unspecified atom stereocenters. The van der Waals surface area contributed by atoms with Crippen molar-refractivity contribution in [1.29, 1.82) is 0 Å². The van der Waals surface area contributed by atoms with Crippen LogP contribution in [0.4, 0.5) is 0 Å². The number of carbonyl (C=O) groups is 1. The molecule has 5 heteroatoms. The smallest absolute Gasteiger partial charge is 0.331 e. The Labute approximate surface area is 125 Å². The average molecular weight is 294 g/mol. The molecule has 5 nitrogen and oxygen atoms in total. The van der Waals surface area contributed by atoms with E-state index in [1.54, 1.807) is 25.3 Å². The lowest BCUT2D eigenvalue weighted by atomic mass is 10.1. The molecule has 0 aromatic heterocycles. The molecule has 1 aromatic carbocycles. The maximum absolute atomic E-state index is 11.7. The predicted molar refractivity (Wildman–Crippen MR) is 81.0 cm³/mol. The lowest BCUT2D eigenvalue weighted by Gasteiger charge is -2.18. The summed E-state index contributed by atoms with van der Waals surface area (Å²) in [6.07, 6.45) is 2.98. The quantitative estimate of drug-likeness (QED) is 0.617. The molecule has 116 valence electrons. The van der Waals surface area contributed by atoms with Crippen molar-refractivity contribution < 1.29 is 23.7 Å². The molecule has 0 N–H and O–H groups in total. The largest absolute Gasteiger partial charge is 0.493 e. The van der Waals surface area contributed by atoms with Gasteiger partial charge in [0.2, 0.25) is 5.75 Å². The molecule has 0 aliphatic heterocycles. The molecule has 1 rings (SSSR count). The highest BCUT2D eigenvalue weighted by Gasteiger charge is 2.16. The van der Waals surface area contributed by atoms with Gasteiger partial charge < -0.3 is 18.9 Å². The Balaban J connectivity index is 3.06. The summed E-state index contributed by atoms with van der Waals surface area (Å²) in [7, 11) is 4.61. The molecule has 0 bridgehead atoms. The van der Waals surface area contributed by atoms with Gasteiger partial charge in [0, 0.05) is 11.6 Å². The first-order valence-electron chi connectivity index (χ1n) is 6.52. The van der Waals surface area contributed by atoms with E-state index in [4.69, 9.17) is 18.9 Å². The molecule has 0 spiro atoms. The van der Waals surface area contributed by atoms with E-state index in [0.717, 1.165) is 0 Å². The van der Waals surface area contributed by atoms with Crippen molar-refractivity contribution in [3.8, 4) is 17.2 Å². The van der Waals surface area contributed by atoms with Gasteiger partial charge in [-0.15, -0.1) is 0 Å². The second-order valence-electron chi connectivity index (χ2n) is 5.29. The summed E-state index contributed by atoms with van der Waals surface area (Å²) in [5.74, 6) is 1.12. The summed E-state index contributed by atoms with van der Waals surface area (Å²) in [4.78, 5) is 11.7. The Kier molecular flexibility index (Phi) is 5.64. The Morgan fingerprint density at radius 2 is 1.62 bits per heavy atom. The van der Waals surface area contributed by atoms with Gasteiger partial charge in [0.25, 0.3) is 0 Å². The highest BCUT2D eigenvalue weighted by atomic mass is 16.6. The van der Waals surface area contributed by atoms with Crippen LogP contribution in [0.5, 0.6) is 17.2 Å². The number of esters is 1. The van der Waals surface area contributed by atoms with Gasteiger partial charge in [0.1, 0.15) is 5.60 Å². The summed E-state index contributed by atoms with van der Waals surface area (Å²) in [5, 5.41) is 0. The molecule has 0 saturated heterocycles. The highest BCUT2D eigenvalue weighted by molar-refractivity contribution is 5.88. The third-order valence-electron chi connectivity index (χ3n) is 2.54. The number of rotatable bonds is 5. The SMILES string of the molecule is COc1ccc(C=CC(=O)OC(C)(C)C)c(OC)c1OC. The van der Waals surface area contributed by atoms with Crippen LogP contribution in [0, 0.1) is 0 Å². The van der Waals surface area contributed by atoms with Gasteiger partial charge in [-0.3, -0.25) is 0 Å². The summed E-state index contributed by atoms with van der Waals surface area (Å²) in [6.45, 7) is 5.45. The minimum atomic E-state index is -0.525. The zero-order valence-corrected chi connectivity index (χ0v) is 13.4. The molecule has 0 atom stereocenters. The van der Waals surface area contributed by atoms with Gasteiger partial charge in [0.05, 0.1) is 21.3 Å². The van der Waals surface area contributed by atoms with Crippen molar-refractivity contribution in [2.24, 2.45) is 0 Å². The number of carbonyl (C=O) groups excluding carboxylic acids is 1. The molecule has 0 amide bonds. The Hall–Kier alpha value is -2.17. The van der Waals surface area contributed by atoms with Crippen molar-refractivity contribution in [3.63, 3.8) is 0 Å². The zero-order chi connectivity index (χ0) is 16.0. The molecule has 0 fully saturated rings. The second kappa shape index (κ2) is 7.02. The van der Waals surface area contributed by atoms with Gasteiger partial charge in [-0.25, -0.2) is 4.79 Å². The van der Waals surface area contributed by atoms with Crippen molar-refractivity contribution in [2.75, 3.05) is 21.3 Å². The minimum absolute atomic E-state index is 0.417. The molecule has 0 aliphatic rings. The Morgan fingerprint density at radius 3 is 2.10 bits per heavy atom. The van der Waals surface area contributed by atoms with E-state index >= 15 is 0 Å². The topological polar surface area (TPSA) is 54.0 Å². The first kappa shape index (κ1) is 16.9.